The van der Waals surface area contributed by atoms with E-state index in [0.29, 0.717) is 5.56 Å². The van der Waals surface area contributed by atoms with Crippen LogP contribution < -0.4 is 0 Å². The lowest BCUT2D eigenvalue weighted by Crippen LogP contribution is -2.14. The normalized spacial score (nSPS) is 12.9. The highest BCUT2D eigenvalue weighted by Gasteiger charge is 2.35. The number of aryl methyl sites for hydroxylation is 1. The molecule has 1 nitrogen and oxygen atoms in total. The lowest BCUT2D eigenvalue weighted by molar-refractivity contribution is -0.138. The van der Waals surface area contributed by atoms with Gasteiger partial charge >= 0.3 is 6.18 Å². The average Bonchev–Trinajstić information content (AvgIpc) is 2.05. The third kappa shape index (κ3) is 2.49. The third-order valence-electron chi connectivity index (χ3n) is 2.47. The minimum Gasteiger partial charge on any atom is -0.507 e. The van der Waals surface area contributed by atoms with Crippen LogP contribution in [0.4, 0.5) is 13.2 Å². The van der Waals surface area contributed by atoms with E-state index in [1.54, 1.807) is 6.07 Å². The molecule has 16 heavy (non-hydrogen) atoms. The highest BCUT2D eigenvalue weighted by atomic mass is 19.4. The first-order valence-corrected chi connectivity index (χ1v) is 4.95. The van der Waals surface area contributed by atoms with Crippen molar-refractivity contribution in [1.29, 1.82) is 0 Å². The van der Waals surface area contributed by atoms with E-state index in [0.717, 1.165) is 6.07 Å². The smallest absolute Gasteiger partial charge is 0.419 e. The summed E-state index contributed by atoms with van der Waals surface area (Å²) in [6.07, 6.45) is -4.52. The number of aromatic hydroxyl groups is 1. The fraction of sp³-hybridized carbons (Fsp3) is 0.500. The molecular formula is C12H15F3O. The van der Waals surface area contributed by atoms with Crippen molar-refractivity contribution in [1.82, 2.24) is 0 Å². The van der Waals surface area contributed by atoms with Crippen LogP contribution in [-0.2, 0) is 11.6 Å². The van der Waals surface area contributed by atoms with Gasteiger partial charge in [0.05, 0.1) is 5.56 Å². The van der Waals surface area contributed by atoms with Crippen molar-refractivity contribution in [3.05, 3.63) is 28.8 Å². The standard InChI is InChI=1S/C12H15F3O/c1-7-5-8(11(2,3)4)6-9(10(7)16)12(13,14)15/h5-6,16H,1-4H3. The largest absolute Gasteiger partial charge is 0.507 e. The summed E-state index contributed by atoms with van der Waals surface area (Å²) in [4.78, 5) is 0. The number of phenolic OH excluding ortho intramolecular Hbond substituents is 1. The van der Waals surface area contributed by atoms with Crippen LogP contribution in [0.15, 0.2) is 12.1 Å². The highest BCUT2D eigenvalue weighted by molar-refractivity contribution is 5.46. The Morgan fingerprint density at radius 3 is 1.94 bits per heavy atom. The molecule has 0 radical (unpaired) electrons. The van der Waals surface area contributed by atoms with Crippen molar-refractivity contribution in [2.75, 3.05) is 0 Å². The Morgan fingerprint density at radius 2 is 1.56 bits per heavy atom. The van der Waals surface area contributed by atoms with Crippen molar-refractivity contribution in [3.8, 4) is 5.75 Å². The summed E-state index contributed by atoms with van der Waals surface area (Å²) in [7, 11) is 0. The van der Waals surface area contributed by atoms with E-state index in [4.69, 9.17) is 0 Å². The SMILES string of the molecule is Cc1cc(C(C)(C)C)cc(C(F)(F)F)c1O. The molecule has 1 aromatic rings. The monoisotopic (exact) mass is 232 g/mol. The zero-order chi connectivity index (χ0) is 12.7. The van der Waals surface area contributed by atoms with E-state index in [1.807, 2.05) is 20.8 Å². The molecule has 0 bridgehead atoms. The molecule has 0 heterocycles. The van der Waals surface area contributed by atoms with E-state index in [2.05, 4.69) is 0 Å². The van der Waals surface area contributed by atoms with Crippen LogP contribution in [0.5, 0.6) is 5.75 Å². The Morgan fingerprint density at radius 1 is 1.06 bits per heavy atom. The maximum Gasteiger partial charge on any atom is 0.419 e. The van der Waals surface area contributed by atoms with Gasteiger partial charge in [0.1, 0.15) is 5.75 Å². The number of rotatable bonds is 0. The predicted octanol–water partition coefficient (Wildman–Crippen LogP) is 4.02. The topological polar surface area (TPSA) is 20.2 Å². The van der Waals surface area contributed by atoms with Gasteiger partial charge in [-0.15, -0.1) is 0 Å². The Labute approximate surface area is 92.9 Å². The Kier molecular flexibility index (Phi) is 2.96. The summed E-state index contributed by atoms with van der Waals surface area (Å²) in [5, 5.41) is 9.40. The molecule has 0 aromatic heterocycles. The zero-order valence-corrected chi connectivity index (χ0v) is 9.74. The lowest BCUT2D eigenvalue weighted by atomic mass is 9.85. The first-order chi connectivity index (χ1) is 7.03. The van der Waals surface area contributed by atoms with E-state index in [1.165, 1.54) is 6.92 Å². The van der Waals surface area contributed by atoms with Gasteiger partial charge in [0, 0.05) is 0 Å². The summed E-state index contributed by atoms with van der Waals surface area (Å²) in [5.74, 6) is -0.680. The molecule has 0 aliphatic heterocycles. The second kappa shape index (κ2) is 3.68. The van der Waals surface area contributed by atoms with E-state index >= 15 is 0 Å². The molecule has 0 saturated heterocycles. The molecule has 1 N–H and O–H groups in total. The molecule has 0 aliphatic carbocycles. The van der Waals surface area contributed by atoms with Crippen LogP contribution in [0.3, 0.4) is 0 Å². The van der Waals surface area contributed by atoms with Crippen LogP contribution in [0.2, 0.25) is 0 Å². The van der Waals surface area contributed by atoms with Gasteiger partial charge in [-0.3, -0.25) is 0 Å². The van der Waals surface area contributed by atoms with Crippen LogP contribution in [0.25, 0.3) is 0 Å². The number of phenols is 1. The number of halogens is 3. The molecule has 1 aromatic carbocycles. The maximum absolute atomic E-state index is 12.6. The molecule has 0 atom stereocenters. The van der Waals surface area contributed by atoms with Crippen molar-refractivity contribution >= 4 is 0 Å². The maximum atomic E-state index is 12.6. The first kappa shape index (κ1) is 12.9. The zero-order valence-electron chi connectivity index (χ0n) is 9.74. The van der Waals surface area contributed by atoms with Crippen LogP contribution in [0, 0.1) is 6.92 Å². The molecule has 0 spiro atoms. The molecule has 0 saturated carbocycles. The molecule has 4 heteroatoms. The fourth-order valence-electron chi connectivity index (χ4n) is 1.43. The minimum atomic E-state index is -4.52. The molecule has 1 rings (SSSR count). The Balaban J connectivity index is 3.46. The van der Waals surface area contributed by atoms with Gasteiger partial charge in [-0.05, 0) is 29.5 Å². The number of alkyl halides is 3. The molecule has 0 unspecified atom stereocenters. The minimum absolute atomic E-state index is 0.250. The summed E-state index contributed by atoms with van der Waals surface area (Å²) in [5.41, 5.74) is -0.523. The second-order valence-corrected chi connectivity index (χ2v) is 4.94. The van der Waals surface area contributed by atoms with Crippen LogP contribution >= 0.6 is 0 Å². The van der Waals surface area contributed by atoms with E-state index in [9.17, 15) is 18.3 Å². The number of benzene rings is 1. The molecule has 0 amide bonds. The number of hydrogen-bond donors (Lipinski definition) is 1. The van der Waals surface area contributed by atoms with Gasteiger partial charge in [-0.2, -0.15) is 13.2 Å². The summed E-state index contributed by atoms with van der Waals surface area (Å²) < 4.78 is 37.9. The average molecular weight is 232 g/mol. The van der Waals surface area contributed by atoms with Gasteiger partial charge in [0.2, 0.25) is 0 Å². The van der Waals surface area contributed by atoms with Gasteiger partial charge in [0.25, 0.3) is 0 Å². The van der Waals surface area contributed by atoms with E-state index in [-0.39, 0.29) is 11.0 Å². The van der Waals surface area contributed by atoms with Crippen LogP contribution in [0.1, 0.15) is 37.5 Å². The Bertz CT molecular complexity index is 400. The van der Waals surface area contributed by atoms with Crippen molar-refractivity contribution < 1.29 is 18.3 Å². The van der Waals surface area contributed by atoms with Gasteiger partial charge in [-0.1, -0.05) is 26.8 Å². The summed E-state index contributed by atoms with van der Waals surface area (Å²) in [6, 6.07) is 2.60. The lowest BCUT2D eigenvalue weighted by Gasteiger charge is -2.22. The van der Waals surface area contributed by atoms with Gasteiger partial charge < -0.3 is 5.11 Å². The van der Waals surface area contributed by atoms with Crippen molar-refractivity contribution in [3.63, 3.8) is 0 Å². The second-order valence-electron chi connectivity index (χ2n) is 4.94. The van der Waals surface area contributed by atoms with E-state index < -0.39 is 17.5 Å². The van der Waals surface area contributed by atoms with Gasteiger partial charge in [0.15, 0.2) is 0 Å². The quantitative estimate of drug-likeness (QED) is 0.716. The fourth-order valence-corrected chi connectivity index (χ4v) is 1.43. The molecule has 0 fully saturated rings. The number of hydrogen-bond acceptors (Lipinski definition) is 1. The molecule has 90 valence electrons. The van der Waals surface area contributed by atoms with Crippen molar-refractivity contribution in [2.45, 2.75) is 39.3 Å². The summed E-state index contributed by atoms with van der Waals surface area (Å²) >= 11 is 0. The third-order valence-corrected chi connectivity index (χ3v) is 2.47. The van der Waals surface area contributed by atoms with Crippen LogP contribution in [-0.4, -0.2) is 5.11 Å². The Hall–Kier alpha value is -1.19. The molecular weight excluding hydrogens is 217 g/mol. The molecule has 0 aliphatic rings. The summed E-state index contributed by atoms with van der Waals surface area (Å²) in [6.45, 7) is 6.97. The highest BCUT2D eigenvalue weighted by Crippen LogP contribution is 2.40. The predicted molar refractivity (Wildman–Crippen MR) is 56.5 cm³/mol. The van der Waals surface area contributed by atoms with Crippen molar-refractivity contribution in [2.24, 2.45) is 0 Å². The first-order valence-electron chi connectivity index (χ1n) is 4.95. The van der Waals surface area contributed by atoms with Gasteiger partial charge in [-0.25, -0.2) is 0 Å².